The van der Waals surface area contributed by atoms with Gasteiger partial charge in [-0.25, -0.2) is 0 Å². The Bertz CT molecular complexity index is 195. The molecular formula is C10H18O6. The van der Waals surface area contributed by atoms with Crippen LogP contribution in [-0.2, 0) is 9.59 Å². The maximum absolute atomic E-state index is 10.5. The van der Waals surface area contributed by atoms with Crippen LogP contribution in [0.25, 0.3) is 0 Å². The lowest BCUT2D eigenvalue weighted by Gasteiger charge is -2.22. The highest BCUT2D eigenvalue weighted by atomic mass is 16.4. The number of carboxylic acid groups (broad SMARTS) is 2. The van der Waals surface area contributed by atoms with Crippen molar-refractivity contribution < 1.29 is 30.0 Å². The predicted octanol–water partition coefficient (Wildman–Crippen LogP) is -0.0670. The molecular weight excluding hydrogens is 216 g/mol. The topological polar surface area (TPSA) is 115 Å². The molecule has 6 heteroatoms. The second-order valence-corrected chi connectivity index (χ2v) is 3.67. The van der Waals surface area contributed by atoms with E-state index >= 15 is 0 Å². The van der Waals surface area contributed by atoms with Crippen molar-refractivity contribution in [2.75, 3.05) is 13.2 Å². The first-order valence-corrected chi connectivity index (χ1v) is 5.20. The van der Waals surface area contributed by atoms with E-state index in [9.17, 15) is 9.59 Å². The standard InChI is InChI=1S/C8H12O4.C2H6O2/c9-7(10)5-1-2-6(4-3-5)8(11)12;3-1-2-4/h5-6H,1-4H2,(H,9,10)(H,11,12);3-4H,1-2H2/t5-,6-;. The summed E-state index contributed by atoms with van der Waals surface area (Å²) in [6, 6.07) is 0. The van der Waals surface area contributed by atoms with Crippen LogP contribution in [0, 0.1) is 11.8 Å². The number of carboxylic acids is 2. The molecule has 4 N–H and O–H groups in total. The number of aliphatic carboxylic acids is 2. The number of hydrogen-bond acceptors (Lipinski definition) is 4. The summed E-state index contributed by atoms with van der Waals surface area (Å²) in [4.78, 5) is 21.0. The van der Waals surface area contributed by atoms with Gasteiger partial charge < -0.3 is 20.4 Å². The fraction of sp³-hybridized carbons (Fsp3) is 0.800. The molecule has 1 aliphatic rings. The molecule has 1 saturated carbocycles. The number of rotatable bonds is 3. The Morgan fingerprint density at radius 2 is 1.06 bits per heavy atom. The lowest BCUT2D eigenvalue weighted by Crippen LogP contribution is -2.25. The second kappa shape index (κ2) is 8.06. The largest absolute Gasteiger partial charge is 0.481 e. The van der Waals surface area contributed by atoms with Gasteiger partial charge in [-0.15, -0.1) is 0 Å². The highest BCUT2D eigenvalue weighted by molar-refractivity contribution is 5.72. The Balaban J connectivity index is 0.000000487. The molecule has 0 unspecified atom stereocenters. The third-order valence-electron chi connectivity index (χ3n) is 2.53. The van der Waals surface area contributed by atoms with Crippen molar-refractivity contribution in [2.24, 2.45) is 11.8 Å². The summed E-state index contributed by atoms with van der Waals surface area (Å²) in [5, 5.41) is 32.5. The van der Waals surface area contributed by atoms with Gasteiger partial charge in [0.25, 0.3) is 0 Å². The molecule has 1 rings (SSSR count). The molecule has 0 aromatic rings. The van der Waals surface area contributed by atoms with Crippen LogP contribution in [0.2, 0.25) is 0 Å². The van der Waals surface area contributed by atoms with Crippen LogP contribution in [0.5, 0.6) is 0 Å². The lowest BCUT2D eigenvalue weighted by molar-refractivity contribution is -0.148. The highest BCUT2D eigenvalue weighted by Gasteiger charge is 2.29. The Morgan fingerprint density at radius 1 is 0.812 bits per heavy atom. The first kappa shape index (κ1) is 14.9. The Kier molecular flexibility index (Phi) is 7.49. The summed E-state index contributed by atoms with van der Waals surface area (Å²) in [5.41, 5.74) is 0. The third kappa shape index (κ3) is 5.67. The van der Waals surface area contributed by atoms with Crippen molar-refractivity contribution in [2.45, 2.75) is 25.7 Å². The number of aliphatic hydroxyl groups is 2. The van der Waals surface area contributed by atoms with Crippen LogP contribution >= 0.6 is 0 Å². The van der Waals surface area contributed by atoms with Gasteiger partial charge in [-0.1, -0.05) is 0 Å². The summed E-state index contributed by atoms with van der Waals surface area (Å²) >= 11 is 0. The maximum Gasteiger partial charge on any atom is 0.306 e. The van der Waals surface area contributed by atoms with E-state index in [1.54, 1.807) is 0 Å². The van der Waals surface area contributed by atoms with Gasteiger partial charge in [0.2, 0.25) is 0 Å². The smallest absolute Gasteiger partial charge is 0.306 e. The number of hydrogen-bond donors (Lipinski definition) is 4. The maximum atomic E-state index is 10.5. The summed E-state index contributed by atoms with van der Waals surface area (Å²) in [6.45, 7) is -0.250. The van der Waals surface area contributed by atoms with Crippen LogP contribution in [0.3, 0.4) is 0 Å². The zero-order chi connectivity index (χ0) is 12.6. The molecule has 0 amide bonds. The van der Waals surface area contributed by atoms with E-state index in [2.05, 4.69) is 0 Å². The van der Waals surface area contributed by atoms with Gasteiger partial charge in [0.1, 0.15) is 0 Å². The minimum Gasteiger partial charge on any atom is -0.481 e. The normalized spacial score (nSPS) is 24.1. The van der Waals surface area contributed by atoms with Crippen molar-refractivity contribution in [3.63, 3.8) is 0 Å². The second-order valence-electron chi connectivity index (χ2n) is 3.67. The summed E-state index contributed by atoms with van der Waals surface area (Å²) in [6.07, 6.45) is 2.03. The van der Waals surface area contributed by atoms with Gasteiger partial charge in [-0.3, -0.25) is 9.59 Å². The van der Waals surface area contributed by atoms with Gasteiger partial charge in [0.05, 0.1) is 25.0 Å². The van der Waals surface area contributed by atoms with E-state index in [4.69, 9.17) is 20.4 Å². The molecule has 0 aliphatic heterocycles. The molecule has 0 spiro atoms. The molecule has 1 fully saturated rings. The van der Waals surface area contributed by atoms with Crippen LogP contribution in [0.15, 0.2) is 0 Å². The SMILES string of the molecule is O=C(O)[C@H]1CC[C@H](C(=O)O)CC1.OCCO. The van der Waals surface area contributed by atoms with E-state index in [1.165, 1.54) is 0 Å². The van der Waals surface area contributed by atoms with Crippen LogP contribution in [-0.4, -0.2) is 45.6 Å². The average Bonchev–Trinajstić information content (AvgIpc) is 2.29. The van der Waals surface area contributed by atoms with Gasteiger partial charge >= 0.3 is 11.9 Å². The molecule has 0 aromatic heterocycles. The molecule has 1 aliphatic carbocycles. The summed E-state index contributed by atoms with van der Waals surface area (Å²) < 4.78 is 0. The predicted molar refractivity (Wildman–Crippen MR) is 54.9 cm³/mol. The monoisotopic (exact) mass is 234 g/mol. The highest BCUT2D eigenvalue weighted by Crippen LogP contribution is 2.28. The molecule has 0 atom stereocenters. The van der Waals surface area contributed by atoms with Gasteiger partial charge in [0.15, 0.2) is 0 Å². The molecule has 0 heterocycles. The van der Waals surface area contributed by atoms with Gasteiger partial charge in [0, 0.05) is 0 Å². The van der Waals surface area contributed by atoms with Crippen LogP contribution in [0.1, 0.15) is 25.7 Å². The van der Waals surface area contributed by atoms with E-state index in [0.717, 1.165) is 0 Å². The van der Waals surface area contributed by atoms with E-state index < -0.39 is 11.9 Å². The minimum absolute atomic E-state index is 0.125. The molecule has 94 valence electrons. The van der Waals surface area contributed by atoms with Gasteiger partial charge in [-0.05, 0) is 25.7 Å². The zero-order valence-electron chi connectivity index (χ0n) is 9.00. The van der Waals surface area contributed by atoms with Crippen LogP contribution in [0.4, 0.5) is 0 Å². The number of carbonyl (C=O) groups is 2. The van der Waals surface area contributed by atoms with Crippen molar-refractivity contribution >= 4 is 11.9 Å². The fourth-order valence-corrected chi connectivity index (χ4v) is 1.59. The van der Waals surface area contributed by atoms with Crippen molar-refractivity contribution in [1.29, 1.82) is 0 Å². The minimum atomic E-state index is -0.793. The third-order valence-corrected chi connectivity index (χ3v) is 2.53. The van der Waals surface area contributed by atoms with Gasteiger partial charge in [-0.2, -0.15) is 0 Å². The molecule has 0 saturated heterocycles. The quantitative estimate of drug-likeness (QED) is 0.543. The Hall–Kier alpha value is -1.14. The molecule has 0 radical (unpaired) electrons. The summed E-state index contributed by atoms with van der Waals surface area (Å²) in [5.74, 6) is -2.22. The molecule has 0 aromatic carbocycles. The molecule has 6 nitrogen and oxygen atoms in total. The lowest BCUT2D eigenvalue weighted by atomic mass is 9.82. The van der Waals surface area contributed by atoms with E-state index in [0.29, 0.717) is 25.7 Å². The zero-order valence-corrected chi connectivity index (χ0v) is 9.00. The molecule has 0 bridgehead atoms. The van der Waals surface area contributed by atoms with Crippen molar-refractivity contribution in [3.05, 3.63) is 0 Å². The number of aliphatic hydroxyl groups excluding tert-OH is 2. The Labute approximate surface area is 93.5 Å². The van der Waals surface area contributed by atoms with E-state index in [-0.39, 0.29) is 25.0 Å². The first-order valence-electron chi connectivity index (χ1n) is 5.20. The average molecular weight is 234 g/mol. The summed E-state index contributed by atoms with van der Waals surface area (Å²) in [7, 11) is 0. The van der Waals surface area contributed by atoms with E-state index in [1.807, 2.05) is 0 Å². The fourth-order valence-electron chi connectivity index (χ4n) is 1.59. The Morgan fingerprint density at radius 3 is 1.19 bits per heavy atom. The van der Waals surface area contributed by atoms with Crippen molar-refractivity contribution in [1.82, 2.24) is 0 Å². The first-order chi connectivity index (χ1) is 7.52. The molecule has 16 heavy (non-hydrogen) atoms. The van der Waals surface area contributed by atoms with Crippen LogP contribution < -0.4 is 0 Å². The van der Waals surface area contributed by atoms with Crippen molar-refractivity contribution in [3.8, 4) is 0 Å².